The fourth-order valence-electron chi connectivity index (χ4n) is 2.05. The first-order valence-electron chi connectivity index (χ1n) is 6.57. The molecule has 2 rings (SSSR count). The standard InChI is InChI=1S/C15H14F2N2O2/c16-13-4-1-5-14(17)12(13)7-10(8-18)15(20)19-9-11-3-2-6-21-11/h1,4-5,7,11H,2-3,6,9H2,(H,19,20)/b10-7+/t11-/m1/s1. The van der Waals surface area contributed by atoms with Crippen LogP contribution in [0.3, 0.4) is 0 Å². The number of nitrogens with zero attached hydrogens (tertiary/aromatic N) is 1. The van der Waals surface area contributed by atoms with Gasteiger partial charge in [-0.2, -0.15) is 5.26 Å². The summed E-state index contributed by atoms with van der Waals surface area (Å²) in [6.45, 7) is 0.930. The van der Waals surface area contributed by atoms with Gasteiger partial charge in [0.25, 0.3) is 5.91 Å². The maximum atomic E-state index is 13.5. The van der Waals surface area contributed by atoms with Gasteiger partial charge in [0.2, 0.25) is 0 Å². The summed E-state index contributed by atoms with van der Waals surface area (Å²) in [5, 5.41) is 11.5. The van der Waals surface area contributed by atoms with Crippen LogP contribution in [0.2, 0.25) is 0 Å². The van der Waals surface area contributed by atoms with Crippen LogP contribution in [-0.4, -0.2) is 25.2 Å². The third-order valence-electron chi connectivity index (χ3n) is 3.17. The van der Waals surface area contributed by atoms with Crippen molar-refractivity contribution in [3.05, 3.63) is 41.0 Å². The lowest BCUT2D eigenvalue weighted by molar-refractivity contribution is -0.117. The summed E-state index contributed by atoms with van der Waals surface area (Å²) in [6, 6.07) is 5.00. The SMILES string of the molecule is N#C/C(=C\c1c(F)cccc1F)C(=O)NC[C@H]1CCCO1. The minimum absolute atomic E-state index is 0.0703. The molecular formula is C15H14F2N2O2. The second-order valence-electron chi connectivity index (χ2n) is 4.65. The summed E-state index contributed by atoms with van der Waals surface area (Å²) in [4.78, 5) is 11.9. The first kappa shape index (κ1) is 15.1. The van der Waals surface area contributed by atoms with Gasteiger partial charge in [0.15, 0.2) is 0 Å². The first-order chi connectivity index (χ1) is 10.1. The molecule has 1 N–H and O–H groups in total. The molecule has 1 aliphatic heterocycles. The third-order valence-corrected chi connectivity index (χ3v) is 3.17. The average molecular weight is 292 g/mol. The minimum atomic E-state index is -0.824. The van der Waals surface area contributed by atoms with E-state index < -0.39 is 23.1 Å². The van der Waals surface area contributed by atoms with E-state index in [4.69, 9.17) is 10.00 Å². The molecule has 0 saturated carbocycles. The Labute approximate surface area is 121 Å². The highest BCUT2D eigenvalue weighted by Gasteiger charge is 2.18. The number of benzene rings is 1. The molecule has 1 aromatic rings. The number of hydrogen-bond donors (Lipinski definition) is 1. The number of rotatable bonds is 4. The van der Waals surface area contributed by atoms with Crippen molar-refractivity contribution in [2.45, 2.75) is 18.9 Å². The van der Waals surface area contributed by atoms with E-state index in [1.807, 2.05) is 0 Å². The Morgan fingerprint density at radius 3 is 2.76 bits per heavy atom. The fraction of sp³-hybridized carbons (Fsp3) is 0.333. The van der Waals surface area contributed by atoms with Gasteiger partial charge in [-0.05, 0) is 31.1 Å². The Balaban J connectivity index is 2.09. The number of nitriles is 1. The second-order valence-corrected chi connectivity index (χ2v) is 4.65. The summed E-state index contributed by atoms with van der Waals surface area (Å²) in [7, 11) is 0. The van der Waals surface area contributed by atoms with E-state index in [1.165, 1.54) is 6.07 Å². The summed E-state index contributed by atoms with van der Waals surface area (Å²) >= 11 is 0. The summed E-state index contributed by atoms with van der Waals surface area (Å²) < 4.78 is 32.3. The van der Waals surface area contributed by atoms with Crippen molar-refractivity contribution in [3.8, 4) is 6.07 Å². The summed E-state index contributed by atoms with van der Waals surface area (Å²) in [6.07, 6.45) is 2.62. The van der Waals surface area contributed by atoms with Crippen LogP contribution in [0.1, 0.15) is 18.4 Å². The Hall–Kier alpha value is -2.26. The number of halogens is 2. The van der Waals surface area contributed by atoms with Crippen molar-refractivity contribution in [2.75, 3.05) is 13.2 Å². The predicted octanol–water partition coefficient (Wildman–Crippen LogP) is 2.17. The van der Waals surface area contributed by atoms with Crippen molar-refractivity contribution in [1.29, 1.82) is 5.26 Å². The largest absolute Gasteiger partial charge is 0.376 e. The molecule has 4 nitrogen and oxygen atoms in total. The van der Waals surface area contributed by atoms with Crippen LogP contribution in [0.25, 0.3) is 6.08 Å². The molecular weight excluding hydrogens is 278 g/mol. The molecule has 0 bridgehead atoms. The van der Waals surface area contributed by atoms with Gasteiger partial charge in [0.05, 0.1) is 6.10 Å². The van der Waals surface area contributed by atoms with E-state index >= 15 is 0 Å². The number of carbonyl (C=O) groups excluding carboxylic acids is 1. The molecule has 0 unspecified atom stereocenters. The lowest BCUT2D eigenvalue weighted by Gasteiger charge is -2.10. The molecule has 0 radical (unpaired) electrons. The van der Waals surface area contributed by atoms with Gasteiger partial charge in [0, 0.05) is 18.7 Å². The van der Waals surface area contributed by atoms with Crippen LogP contribution in [-0.2, 0) is 9.53 Å². The van der Waals surface area contributed by atoms with Crippen molar-refractivity contribution >= 4 is 12.0 Å². The van der Waals surface area contributed by atoms with Gasteiger partial charge in [0.1, 0.15) is 23.3 Å². The lowest BCUT2D eigenvalue weighted by Crippen LogP contribution is -2.32. The van der Waals surface area contributed by atoms with Crippen molar-refractivity contribution in [3.63, 3.8) is 0 Å². The van der Waals surface area contributed by atoms with Crippen molar-refractivity contribution in [2.24, 2.45) is 0 Å². The van der Waals surface area contributed by atoms with Gasteiger partial charge in [-0.1, -0.05) is 6.07 Å². The number of nitrogens with one attached hydrogen (secondary N) is 1. The summed E-state index contributed by atoms with van der Waals surface area (Å²) in [5.74, 6) is -2.32. The fourth-order valence-corrected chi connectivity index (χ4v) is 2.05. The highest BCUT2D eigenvalue weighted by atomic mass is 19.1. The van der Waals surface area contributed by atoms with Crippen LogP contribution in [0.4, 0.5) is 8.78 Å². The van der Waals surface area contributed by atoms with Crippen LogP contribution < -0.4 is 5.32 Å². The van der Waals surface area contributed by atoms with E-state index in [-0.39, 0.29) is 18.2 Å². The van der Waals surface area contributed by atoms with Crippen LogP contribution in [0.5, 0.6) is 0 Å². The monoisotopic (exact) mass is 292 g/mol. The smallest absolute Gasteiger partial charge is 0.262 e. The van der Waals surface area contributed by atoms with Gasteiger partial charge in [-0.3, -0.25) is 4.79 Å². The maximum absolute atomic E-state index is 13.5. The molecule has 0 aliphatic carbocycles. The molecule has 0 aromatic heterocycles. The predicted molar refractivity (Wildman–Crippen MR) is 71.9 cm³/mol. The molecule has 1 heterocycles. The molecule has 21 heavy (non-hydrogen) atoms. The highest BCUT2D eigenvalue weighted by Crippen LogP contribution is 2.16. The number of ether oxygens (including phenoxy) is 1. The van der Waals surface area contributed by atoms with Crippen molar-refractivity contribution in [1.82, 2.24) is 5.32 Å². The molecule has 1 aliphatic rings. The zero-order valence-electron chi connectivity index (χ0n) is 11.2. The quantitative estimate of drug-likeness (QED) is 0.683. The third kappa shape index (κ3) is 3.86. The maximum Gasteiger partial charge on any atom is 0.262 e. The molecule has 110 valence electrons. The van der Waals surface area contributed by atoms with Crippen molar-refractivity contribution < 1.29 is 18.3 Å². The Morgan fingerprint density at radius 2 is 2.19 bits per heavy atom. The Kier molecular flexibility index (Phi) is 5.01. The molecule has 0 spiro atoms. The van der Waals surface area contributed by atoms with Gasteiger partial charge in [-0.25, -0.2) is 8.78 Å². The lowest BCUT2D eigenvalue weighted by atomic mass is 10.1. The first-order valence-corrected chi connectivity index (χ1v) is 6.57. The van der Waals surface area contributed by atoms with E-state index in [0.717, 1.165) is 31.1 Å². The highest BCUT2D eigenvalue weighted by molar-refractivity contribution is 6.01. The topological polar surface area (TPSA) is 62.1 Å². The molecule has 1 amide bonds. The second kappa shape index (κ2) is 6.95. The van der Waals surface area contributed by atoms with Gasteiger partial charge >= 0.3 is 0 Å². The van der Waals surface area contributed by atoms with E-state index in [0.29, 0.717) is 6.61 Å². The number of carbonyl (C=O) groups is 1. The average Bonchev–Trinajstić information content (AvgIpc) is 2.98. The van der Waals surface area contributed by atoms with E-state index in [9.17, 15) is 13.6 Å². The zero-order valence-corrected chi connectivity index (χ0v) is 11.2. The van der Waals surface area contributed by atoms with Crippen LogP contribution in [0.15, 0.2) is 23.8 Å². The van der Waals surface area contributed by atoms with Gasteiger partial charge < -0.3 is 10.1 Å². The summed E-state index contributed by atoms with van der Waals surface area (Å²) in [5.41, 5.74) is -0.752. The van der Waals surface area contributed by atoms with E-state index in [1.54, 1.807) is 6.07 Å². The molecule has 1 fully saturated rings. The Bertz CT molecular complexity index is 582. The minimum Gasteiger partial charge on any atom is -0.376 e. The van der Waals surface area contributed by atoms with Gasteiger partial charge in [-0.15, -0.1) is 0 Å². The zero-order chi connectivity index (χ0) is 15.2. The Morgan fingerprint density at radius 1 is 1.48 bits per heavy atom. The number of hydrogen-bond acceptors (Lipinski definition) is 3. The number of amides is 1. The molecule has 6 heteroatoms. The molecule has 1 atom stereocenters. The van der Waals surface area contributed by atoms with Crippen LogP contribution >= 0.6 is 0 Å². The molecule has 1 aromatic carbocycles. The normalized spacial score (nSPS) is 18.3. The molecule has 1 saturated heterocycles. The van der Waals surface area contributed by atoms with E-state index in [2.05, 4.69) is 5.32 Å². The van der Waals surface area contributed by atoms with Crippen LogP contribution in [0, 0.1) is 23.0 Å².